The number of aromatic nitrogens is 1. The maximum atomic E-state index is 15.0. The van der Waals surface area contributed by atoms with E-state index >= 15 is 4.79 Å². The summed E-state index contributed by atoms with van der Waals surface area (Å²) in [6.07, 6.45) is -0.890. The summed E-state index contributed by atoms with van der Waals surface area (Å²) in [6, 6.07) is 11.2. The zero-order valence-electron chi connectivity index (χ0n) is 26.7. The zero-order valence-corrected chi connectivity index (χ0v) is 27.5. The lowest BCUT2D eigenvalue weighted by molar-refractivity contribution is -0.133. The third-order valence-electron chi connectivity index (χ3n) is 7.82. The zero-order chi connectivity index (χ0) is 35.7. The Hall–Kier alpha value is -5.16. The van der Waals surface area contributed by atoms with Crippen LogP contribution in [0.2, 0.25) is 5.02 Å². The van der Waals surface area contributed by atoms with Crippen molar-refractivity contribution in [1.82, 2.24) is 15.2 Å². The highest BCUT2D eigenvalue weighted by atomic mass is 35.5. The first kappa shape index (κ1) is 35.2. The summed E-state index contributed by atoms with van der Waals surface area (Å²) in [4.78, 5) is 63.4. The number of benzene rings is 2. The molecule has 2 heterocycles. The van der Waals surface area contributed by atoms with E-state index in [0.717, 1.165) is 26.8 Å². The Morgan fingerprint density at radius 1 is 1.12 bits per heavy atom. The fourth-order valence-corrected chi connectivity index (χ4v) is 5.90. The molecule has 49 heavy (non-hydrogen) atoms. The van der Waals surface area contributed by atoms with Gasteiger partial charge in [0.1, 0.15) is 35.9 Å². The van der Waals surface area contributed by atoms with Gasteiger partial charge in [0.15, 0.2) is 0 Å². The van der Waals surface area contributed by atoms with Gasteiger partial charge < -0.3 is 10.1 Å². The van der Waals surface area contributed by atoms with Crippen molar-refractivity contribution in [2.24, 2.45) is 0 Å². The number of alkyl halides is 2. The van der Waals surface area contributed by atoms with Crippen LogP contribution in [0.3, 0.4) is 0 Å². The summed E-state index contributed by atoms with van der Waals surface area (Å²) in [5, 5.41) is 12.1. The first-order valence-electron chi connectivity index (χ1n) is 15.2. The van der Waals surface area contributed by atoms with Gasteiger partial charge in [0, 0.05) is 41.4 Å². The van der Waals surface area contributed by atoms with E-state index in [1.54, 1.807) is 32.9 Å². The van der Waals surface area contributed by atoms with Crippen molar-refractivity contribution in [2.45, 2.75) is 63.3 Å². The molecule has 11 nitrogen and oxygen atoms in total. The Bertz CT molecular complexity index is 1820. The van der Waals surface area contributed by atoms with Crippen LogP contribution in [-0.2, 0) is 19.1 Å². The van der Waals surface area contributed by atoms with Gasteiger partial charge in [-0.1, -0.05) is 35.9 Å². The smallest absolute Gasteiger partial charge is 0.410 e. The van der Waals surface area contributed by atoms with Crippen LogP contribution in [0.1, 0.15) is 50.8 Å². The van der Waals surface area contributed by atoms with E-state index in [1.807, 2.05) is 6.07 Å². The third-order valence-corrected chi connectivity index (χ3v) is 8.17. The van der Waals surface area contributed by atoms with Gasteiger partial charge in [-0.25, -0.2) is 22.9 Å². The molecule has 1 aliphatic heterocycles. The molecule has 1 saturated carbocycles. The molecule has 0 bridgehead atoms. The van der Waals surface area contributed by atoms with E-state index < -0.39 is 85.2 Å². The number of rotatable bonds is 7. The quantitative estimate of drug-likeness (QED) is 0.350. The predicted molar refractivity (Wildman–Crippen MR) is 172 cm³/mol. The fourth-order valence-electron chi connectivity index (χ4n) is 5.66. The average Bonchev–Trinajstić information content (AvgIpc) is 3.01. The first-order valence-corrected chi connectivity index (χ1v) is 15.6. The van der Waals surface area contributed by atoms with Crippen LogP contribution in [0.5, 0.6) is 0 Å². The van der Waals surface area contributed by atoms with Crippen molar-refractivity contribution in [1.29, 1.82) is 5.26 Å². The summed E-state index contributed by atoms with van der Waals surface area (Å²) in [5.74, 6) is -6.49. The molecule has 0 spiro atoms. The minimum Gasteiger partial charge on any atom is -0.444 e. The number of hydrogen-bond acceptors (Lipinski definition) is 7. The van der Waals surface area contributed by atoms with E-state index in [2.05, 4.69) is 10.3 Å². The largest absolute Gasteiger partial charge is 0.444 e. The highest BCUT2D eigenvalue weighted by molar-refractivity contribution is 6.31. The van der Waals surface area contributed by atoms with Crippen molar-refractivity contribution in [3.8, 4) is 6.07 Å². The van der Waals surface area contributed by atoms with Crippen LogP contribution < -0.4 is 15.1 Å². The van der Waals surface area contributed by atoms with E-state index in [4.69, 9.17) is 16.3 Å². The van der Waals surface area contributed by atoms with E-state index in [0.29, 0.717) is 0 Å². The normalized spacial score (nSPS) is 18.2. The number of nitriles is 1. The number of anilines is 2. The first-order chi connectivity index (χ1) is 23.1. The van der Waals surface area contributed by atoms with Crippen LogP contribution in [0, 0.1) is 17.1 Å². The molecule has 1 aromatic heterocycles. The molecular weight excluding hydrogens is 665 g/mol. The number of ether oxygens (including phenoxy) is 1. The molecule has 256 valence electrons. The van der Waals surface area contributed by atoms with Gasteiger partial charge >= 0.3 is 6.09 Å². The number of amides is 4. The number of pyridine rings is 1. The fraction of sp³-hybridized carbons (Fsp3) is 0.353. The lowest BCUT2D eigenvalue weighted by atomic mass is 9.87. The molecule has 15 heteroatoms. The van der Waals surface area contributed by atoms with Crippen LogP contribution in [0.15, 0.2) is 66.9 Å². The highest BCUT2D eigenvalue weighted by Gasteiger charge is 2.49. The summed E-state index contributed by atoms with van der Waals surface area (Å²) in [5.41, 5.74) is -0.901. The van der Waals surface area contributed by atoms with E-state index in [9.17, 15) is 32.8 Å². The predicted octanol–water partition coefficient (Wildman–Crippen LogP) is 5.39. The van der Waals surface area contributed by atoms with Crippen molar-refractivity contribution >= 4 is 46.9 Å². The topological polar surface area (TPSA) is 136 Å². The molecule has 5 rings (SSSR count). The Morgan fingerprint density at radius 2 is 1.84 bits per heavy atom. The molecule has 2 atom stereocenters. The van der Waals surface area contributed by atoms with Crippen molar-refractivity contribution in [3.63, 3.8) is 0 Å². The Labute approximate surface area is 285 Å². The summed E-state index contributed by atoms with van der Waals surface area (Å²) < 4.78 is 47.9. The van der Waals surface area contributed by atoms with Gasteiger partial charge in [-0.05, 0) is 57.2 Å². The SMILES string of the molecule is CC(C)(C)OC(=O)N1CC(=O)N(c2cc(C#N)ccn2)[C@H](C(=O)N(c2cccc(F)c2)[C@H](C(=O)NC2CC(F)(F)C2)c2ccccc2Cl)C1. The van der Waals surface area contributed by atoms with E-state index in [-0.39, 0.29) is 27.7 Å². The van der Waals surface area contributed by atoms with Gasteiger partial charge in [0.25, 0.3) is 11.8 Å². The molecule has 3 aromatic rings. The number of carbonyl (C=O) groups excluding carboxylic acids is 4. The van der Waals surface area contributed by atoms with Gasteiger partial charge in [-0.2, -0.15) is 5.26 Å². The molecule has 4 amide bonds. The molecule has 1 N–H and O–H groups in total. The molecular formula is C34H32ClF3N6O5. The number of carbonyl (C=O) groups is 4. The number of piperazine rings is 1. The Balaban J connectivity index is 1.66. The summed E-state index contributed by atoms with van der Waals surface area (Å²) in [6.45, 7) is 3.88. The van der Waals surface area contributed by atoms with Crippen molar-refractivity contribution < 1.29 is 37.1 Å². The summed E-state index contributed by atoms with van der Waals surface area (Å²) >= 11 is 6.57. The van der Waals surface area contributed by atoms with Crippen molar-refractivity contribution in [2.75, 3.05) is 22.9 Å². The van der Waals surface area contributed by atoms with Gasteiger partial charge in [-0.3, -0.25) is 29.1 Å². The van der Waals surface area contributed by atoms with Crippen molar-refractivity contribution in [3.05, 3.63) is 88.8 Å². The van der Waals surface area contributed by atoms with Gasteiger partial charge in [0.2, 0.25) is 11.8 Å². The van der Waals surface area contributed by atoms with Crippen LogP contribution in [0.25, 0.3) is 0 Å². The lowest BCUT2D eigenvalue weighted by Gasteiger charge is -2.43. The van der Waals surface area contributed by atoms with Crippen LogP contribution in [-0.4, -0.2) is 70.4 Å². The van der Waals surface area contributed by atoms with Crippen LogP contribution >= 0.6 is 11.6 Å². The Kier molecular flexibility index (Phi) is 9.87. The monoisotopic (exact) mass is 696 g/mol. The third kappa shape index (κ3) is 7.94. The second-order valence-electron chi connectivity index (χ2n) is 12.7. The molecule has 2 fully saturated rings. The number of hydrogen-bond donors (Lipinski definition) is 1. The van der Waals surface area contributed by atoms with Gasteiger partial charge in [0.05, 0.1) is 18.2 Å². The number of nitrogens with zero attached hydrogens (tertiary/aromatic N) is 5. The lowest BCUT2D eigenvalue weighted by Crippen LogP contribution is -2.65. The molecule has 2 aliphatic rings. The van der Waals surface area contributed by atoms with Gasteiger partial charge in [-0.15, -0.1) is 0 Å². The molecule has 1 aliphatic carbocycles. The minimum atomic E-state index is -2.98. The maximum absolute atomic E-state index is 15.0. The second-order valence-corrected chi connectivity index (χ2v) is 13.1. The highest BCUT2D eigenvalue weighted by Crippen LogP contribution is 2.39. The average molecular weight is 697 g/mol. The Morgan fingerprint density at radius 3 is 2.47 bits per heavy atom. The second kappa shape index (κ2) is 13.8. The van der Waals surface area contributed by atoms with Crippen LogP contribution in [0.4, 0.5) is 29.5 Å². The molecule has 1 saturated heterocycles. The number of halogens is 4. The number of nitrogens with one attached hydrogen (secondary N) is 1. The minimum absolute atomic E-state index is 0.0335. The molecule has 0 unspecified atom stereocenters. The summed E-state index contributed by atoms with van der Waals surface area (Å²) in [7, 11) is 0. The molecule has 0 radical (unpaired) electrons. The molecule has 2 aromatic carbocycles. The van der Waals surface area contributed by atoms with E-state index in [1.165, 1.54) is 42.6 Å². The standard InChI is InChI=1S/C34H32ClF3N6O5/c1-33(2,3)49-32(48)42-18-26(44(28(45)19-42)27-13-20(17-39)11-12-40-27)31(47)43(23-8-6-7-21(36)14-23)29(24-9-4-5-10-25(24)35)30(46)41-22-15-34(37,38)16-22/h4-14,22,26,29H,15-16,18-19H2,1-3H3,(H,41,46)/t26-,29-/m0/s1. The maximum Gasteiger partial charge on any atom is 0.410 e.